The summed E-state index contributed by atoms with van der Waals surface area (Å²) in [5.41, 5.74) is 3.69. The number of rotatable bonds is 4. The highest BCUT2D eigenvalue weighted by Gasteiger charge is 2.13. The predicted molar refractivity (Wildman–Crippen MR) is 77.8 cm³/mol. The minimum atomic E-state index is 0.239. The standard InChI is InChI=1S/C16H17NOS/c18-15(7-8-16-17-9-10-19-16)14-6-5-12-3-1-2-4-13(12)11-14/h5-6,9-11H,1-4,7-8H2. The predicted octanol–water partition coefficient (Wildman–Crippen LogP) is 3.84. The summed E-state index contributed by atoms with van der Waals surface area (Å²) in [6, 6.07) is 6.25. The van der Waals surface area contributed by atoms with E-state index in [1.54, 1.807) is 17.5 Å². The van der Waals surface area contributed by atoms with Crippen LogP contribution in [-0.2, 0) is 19.3 Å². The molecule has 3 heteroatoms. The Balaban J connectivity index is 1.69. The number of aromatic nitrogens is 1. The Morgan fingerprint density at radius 1 is 1.21 bits per heavy atom. The molecule has 19 heavy (non-hydrogen) atoms. The van der Waals surface area contributed by atoms with Crippen LogP contribution >= 0.6 is 11.3 Å². The van der Waals surface area contributed by atoms with Gasteiger partial charge < -0.3 is 0 Å². The van der Waals surface area contributed by atoms with Crippen molar-refractivity contribution < 1.29 is 4.79 Å². The van der Waals surface area contributed by atoms with Crippen LogP contribution in [0.5, 0.6) is 0 Å². The summed E-state index contributed by atoms with van der Waals surface area (Å²) in [5, 5.41) is 3.00. The highest BCUT2D eigenvalue weighted by molar-refractivity contribution is 7.09. The molecular weight excluding hydrogens is 254 g/mol. The zero-order valence-corrected chi connectivity index (χ0v) is 11.7. The van der Waals surface area contributed by atoms with Gasteiger partial charge in [0.05, 0.1) is 5.01 Å². The van der Waals surface area contributed by atoms with E-state index in [0.717, 1.165) is 23.4 Å². The largest absolute Gasteiger partial charge is 0.294 e. The molecule has 1 aliphatic rings. The second-order valence-corrected chi connectivity index (χ2v) is 6.02. The van der Waals surface area contributed by atoms with Crippen molar-refractivity contribution in [1.82, 2.24) is 4.98 Å². The van der Waals surface area contributed by atoms with Crippen LogP contribution in [0.3, 0.4) is 0 Å². The number of hydrogen-bond donors (Lipinski definition) is 0. The number of carbonyl (C=O) groups is 1. The third-order valence-electron chi connectivity index (χ3n) is 3.72. The number of benzene rings is 1. The molecule has 98 valence electrons. The average Bonchev–Trinajstić information content (AvgIpc) is 2.97. The molecule has 0 amide bonds. The first-order chi connectivity index (χ1) is 9.33. The molecule has 0 radical (unpaired) electrons. The number of ketones is 1. The maximum atomic E-state index is 12.2. The van der Waals surface area contributed by atoms with Gasteiger partial charge in [-0.05, 0) is 42.9 Å². The minimum Gasteiger partial charge on any atom is -0.294 e. The molecule has 0 fully saturated rings. The van der Waals surface area contributed by atoms with Crippen LogP contribution in [0.4, 0.5) is 0 Å². The van der Waals surface area contributed by atoms with Crippen LogP contribution in [-0.4, -0.2) is 10.8 Å². The van der Waals surface area contributed by atoms with E-state index < -0.39 is 0 Å². The van der Waals surface area contributed by atoms with Crippen molar-refractivity contribution in [2.45, 2.75) is 38.5 Å². The van der Waals surface area contributed by atoms with Gasteiger partial charge in [-0.2, -0.15) is 0 Å². The summed E-state index contributed by atoms with van der Waals surface area (Å²) in [6.07, 6.45) is 7.95. The summed E-state index contributed by atoms with van der Waals surface area (Å²) < 4.78 is 0. The molecule has 0 aliphatic heterocycles. The Labute approximate surface area is 117 Å². The number of thiazole rings is 1. The van der Waals surface area contributed by atoms with Crippen molar-refractivity contribution in [3.8, 4) is 0 Å². The van der Waals surface area contributed by atoms with Gasteiger partial charge in [0.1, 0.15) is 0 Å². The summed E-state index contributed by atoms with van der Waals surface area (Å²) in [4.78, 5) is 16.4. The molecule has 2 aromatic rings. The van der Waals surface area contributed by atoms with E-state index in [1.165, 1.54) is 30.4 Å². The Morgan fingerprint density at radius 3 is 2.84 bits per heavy atom. The van der Waals surface area contributed by atoms with Crippen LogP contribution in [0.15, 0.2) is 29.8 Å². The van der Waals surface area contributed by atoms with Crippen molar-refractivity contribution in [2.24, 2.45) is 0 Å². The number of hydrogen-bond acceptors (Lipinski definition) is 3. The maximum absolute atomic E-state index is 12.2. The second kappa shape index (κ2) is 5.66. The quantitative estimate of drug-likeness (QED) is 0.791. The zero-order chi connectivity index (χ0) is 13.1. The monoisotopic (exact) mass is 271 g/mol. The van der Waals surface area contributed by atoms with Crippen molar-refractivity contribution in [2.75, 3.05) is 0 Å². The van der Waals surface area contributed by atoms with Gasteiger partial charge in [0, 0.05) is 30.0 Å². The smallest absolute Gasteiger partial charge is 0.163 e. The molecule has 0 N–H and O–H groups in total. The molecule has 0 unspecified atom stereocenters. The molecule has 2 nitrogen and oxygen atoms in total. The number of Topliss-reactive ketones (excluding diaryl/α,β-unsaturated/α-hetero) is 1. The fourth-order valence-electron chi connectivity index (χ4n) is 2.65. The van der Waals surface area contributed by atoms with Crippen LogP contribution in [0, 0.1) is 0 Å². The first-order valence-corrected chi connectivity index (χ1v) is 7.74. The highest BCUT2D eigenvalue weighted by Crippen LogP contribution is 2.23. The van der Waals surface area contributed by atoms with E-state index in [1.807, 2.05) is 11.4 Å². The van der Waals surface area contributed by atoms with Gasteiger partial charge >= 0.3 is 0 Å². The molecule has 3 rings (SSSR count). The van der Waals surface area contributed by atoms with Crippen molar-refractivity contribution in [3.05, 3.63) is 51.5 Å². The SMILES string of the molecule is O=C(CCc1nccs1)c1ccc2c(c1)CCCC2. The normalized spacial score (nSPS) is 14.1. The van der Waals surface area contributed by atoms with E-state index in [9.17, 15) is 4.79 Å². The summed E-state index contributed by atoms with van der Waals surface area (Å²) in [7, 11) is 0. The van der Waals surface area contributed by atoms with Crippen LogP contribution in [0.1, 0.15) is 45.8 Å². The Bertz CT molecular complexity index is 574. The molecular formula is C16H17NOS. The van der Waals surface area contributed by atoms with E-state index in [2.05, 4.69) is 17.1 Å². The summed E-state index contributed by atoms with van der Waals surface area (Å²) in [6.45, 7) is 0. The second-order valence-electron chi connectivity index (χ2n) is 5.04. The zero-order valence-electron chi connectivity index (χ0n) is 10.9. The van der Waals surface area contributed by atoms with Crippen molar-refractivity contribution in [3.63, 3.8) is 0 Å². The molecule has 0 atom stereocenters. The third-order valence-corrected chi connectivity index (χ3v) is 4.56. The van der Waals surface area contributed by atoms with Crippen molar-refractivity contribution in [1.29, 1.82) is 0 Å². The van der Waals surface area contributed by atoms with Gasteiger partial charge in [-0.1, -0.05) is 12.1 Å². The molecule has 0 bridgehead atoms. The van der Waals surface area contributed by atoms with Gasteiger partial charge in [-0.15, -0.1) is 11.3 Å². The van der Waals surface area contributed by atoms with Crippen LogP contribution < -0.4 is 0 Å². The molecule has 0 spiro atoms. The molecule has 0 saturated heterocycles. The van der Waals surface area contributed by atoms with Gasteiger partial charge in [-0.3, -0.25) is 4.79 Å². The van der Waals surface area contributed by atoms with Gasteiger partial charge in [0.2, 0.25) is 0 Å². The minimum absolute atomic E-state index is 0.239. The number of carbonyl (C=O) groups excluding carboxylic acids is 1. The lowest BCUT2D eigenvalue weighted by molar-refractivity contribution is 0.0982. The first kappa shape index (κ1) is 12.5. The topological polar surface area (TPSA) is 30.0 Å². The van der Waals surface area contributed by atoms with Gasteiger partial charge in [0.15, 0.2) is 5.78 Å². The lowest BCUT2D eigenvalue weighted by atomic mass is 9.89. The Kier molecular flexibility index (Phi) is 3.74. The number of fused-ring (bicyclic) bond motifs is 1. The summed E-state index contributed by atoms with van der Waals surface area (Å²) >= 11 is 1.62. The molecule has 1 aromatic heterocycles. The third kappa shape index (κ3) is 2.92. The van der Waals surface area contributed by atoms with Crippen molar-refractivity contribution >= 4 is 17.1 Å². The first-order valence-electron chi connectivity index (χ1n) is 6.86. The van der Waals surface area contributed by atoms with Gasteiger partial charge in [0.25, 0.3) is 0 Å². The molecule has 1 aromatic carbocycles. The van der Waals surface area contributed by atoms with Crippen LogP contribution in [0.2, 0.25) is 0 Å². The number of aryl methyl sites for hydroxylation is 3. The van der Waals surface area contributed by atoms with E-state index >= 15 is 0 Å². The summed E-state index contributed by atoms with van der Waals surface area (Å²) in [5.74, 6) is 0.239. The Morgan fingerprint density at radius 2 is 2.05 bits per heavy atom. The molecule has 0 saturated carbocycles. The molecule has 1 aliphatic carbocycles. The fraction of sp³-hybridized carbons (Fsp3) is 0.375. The van der Waals surface area contributed by atoms with E-state index in [-0.39, 0.29) is 5.78 Å². The maximum Gasteiger partial charge on any atom is 0.163 e. The van der Waals surface area contributed by atoms with E-state index in [0.29, 0.717) is 6.42 Å². The van der Waals surface area contributed by atoms with Crippen LogP contribution in [0.25, 0.3) is 0 Å². The highest BCUT2D eigenvalue weighted by atomic mass is 32.1. The Hall–Kier alpha value is -1.48. The molecule has 1 heterocycles. The lowest BCUT2D eigenvalue weighted by Gasteiger charge is -2.16. The van der Waals surface area contributed by atoms with Gasteiger partial charge in [-0.25, -0.2) is 4.98 Å². The van der Waals surface area contributed by atoms with E-state index in [4.69, 9.17) is 0 Å². The fourth-order valence-corrected chi connectivity index (χ4v) is 3.27. The average molecular weight is 271 g/mol. The lowest BCUT2D eigenvalue weighted by Crippen LogP contribution is -2.07. The number of nitrogens with zero attached hydrogens (tertiary/aromatic N) is 1.